The van der Waals surface area contributed by atoms with Crippen molar-refractivity contribution in [2.45, 2.75) is 104 Å². The largest absolute Gasteiger partial charge is 0.481 e. The number of hydrogen-bond acceptors (Lipinski definition) is 10. The van der Waals surface area contributed by atoms with Gasteiger partial charge in [-0.15, -0.1) is 11.3 Å². The topological polar surface area (TPSA) is 187 Å². The summed E-state index contributed by atoms with van der Waals surface area (Å²) >= 11 is 1.09. The highest BCUT2D eigenvalue weighted by Crippen LogP contribution is 2.31. The summed E-state index contributed by atoms with van der Waals surface area (Å²) in [6.45, 7) is 14.6. The van der Waals surface area contributed by atoms with Gasteiger partial charge in [0, 0.05) is 31.3 Å². The molecule has 0 aliphatic heterocycles. The van der Waals surface area contributed by atoms with E-state index in [1.165, 1.54) is 17.2 Å². The van der Waals surface area contributed by atoms with Gasteiger partial charge in [0.25, 0.3) is 5.91 Å². The Bertz CT molecular complexity index is 1600. The first kappa shape index (κ1) is 46.5. The highest BCUT2D eigenvalue weighted by molar-refractivity contribution is 7.09. The van der Waals surface area contributed by atoms with Crippen LogP contribution in [0, 0.1) is 11.8 Å². The van der Waals surface area contributed by atoms with Gasteiger partial charge < -0.3 is 35.6 Å². The molecule has 0 aliphatic rings. The van der Waals surface area contributed by atoms with Crippen molar-refractivity contribution in [3.05, 3.63) is 64.1 Å². The summed E-state index contributed by atoms with van der Waals surface area (Å²) in [7, 11) is 3.49. The Labute approximate surface area is 329 Å². The quantitative estimate of drug-likeness (QED) is 0.0677. The molecule has 0 aliphatic carbocycles. The monoisotopic (exact) mass is 784 g/mol. The Hall–Kier alpha value is -4.63. The zero-order valence-electron chi connectivity index (χ0n) is 33.6. The van der Waals surface area contributed by atoms with Crippen molar-refractivity contribution in [3.63, 3.8) is 0 Å². The molecule has 1 aromatic carbocycles. The van der Waals surface area contributed by atoms with E-state index in [-0.39, 0.29) is 48.5 Å². The predicted octanol–water partition coefficient (Wildman–Crippen LogP) is 4.37. The number of esters is 1. The predicted molar refractivity (Wildman–Crippen MR) is 212 cm³/mol. The molecular weight excluding hydrogens is 725 g/mol. The third kappa shape index (κ3) is 15.9. The Balaban J connectivity index is 2.50. The number of carboxylic acid groups (broad SMARTS) is 1. The van der Waals surface area contributed by atoms with Crippen molar-refractivity contribution in [3.8, 4) is 0 Å². The summed E-state index contributed by atoms with van der Waals surface area (Å²) in [4.78, 5) is 86.1. The number of nitrogens with zero attached hydrogens (tertiary/aromatic N) is 3. The molecule has 0 saturated carbocycles. The Kier molecular flexibility index (Phi) is 19.7. The molecular formula is C40H60N6O8S. The SMILES string of the molecule is C=C(C)C(CC(OC(C)=O)c1nc(C(=O)NC(Cc2ccccc2)CC(C)C(=O)O)cs1)N(CC(=O)NCCCC)C(=O)C(NC(=O)CN(C)C)C(C)CC. The number of unbranched alkanes of at least 4 members (excludes halogenated alkanes) is 1. The van der Waals surface area contributed by atoms with Gasteiger partial charge in [-0.2, -0.15) is 0 Å². The van der Waals surface area contributed by atoms with Gasteiger partial charge in [-0.05, 0) is 51.8 Å². The number of carbonyl (C=O) groups excluding carboxylic acids is 5. The first-order valence-electron chi connectivity index (χ1n) is 18.8. The number of thiazole rings is 1. The molecule has 55 heavy (non-hydrogen) atoms. The second kappa shape index (κ2) is 23.3. The van der Waals surface area contributed by atoms with Crippen molar-refractivity contribution in [2.75, 3.05) is 33.7 Å². The Morgan fingerprint density at radius 1 is 0.964 bits per heavy atom. The van der Waals surface area contributed by atoms with E-state index in [1.807, 2.05) is 51.1 Å². The molecule has 1 aromatic heterocycles. The van der Waals surface area contributed by atoms with Gasteiger partial charge in [0.15, 0.2) is 6.10 Å². The van der Waals surface area contributed by atoms with Crippen molar-refractivity contribution >= 4 is 46.9 Å². The van der Waals surface area contributed by atoms with Gasteiger partial charge in [0.05, 0.1) is 18.5 Å². The van der Waals surface area contributed by atoms with Crippen molar-refractivity contribution < 1.29 is 38.6 Å². The normalized spacial score (nSPS) is 14.4. The first-order valence-corrected chi connectivity index (χ1v) is 19.7. The van der Waals surface area contributed by atoms with Gasteiger partial charge in [-0.1, -0.05) is 83.0 Å². The molecule has 0 spiro atoms. The van der Waals surface area contributed by atoms with Gasteiger partial charge in [-0.3, -0.25) is 28.8 Å². The lowest BCUT2D eigenvalue weighted by atomic mass is 9.94. The number of likely N-dealkylation sites (N-methyl/N-ethyl adjacent to an activating group) is 1. The molecule has 4 N–H and O–H groups in total. The molecule has 14 nitrogen and oxygen atoms in total. The van der Waals surface area contributed by atoms with E-state index in [9.17, 15) is 33.9 Å². The maximum atomic E-state index is 14.5. The number of carboxylic acids is 1. The molecule has 6 atom stereocenters. The zero-order valence-corrected chi connectivity index (χ0v) is 34.4. The van der Waals surface area contributed by atoms with E-state index < -0.39 is 59.8 Å². The van der Waals surface area contributed by atoms with Crippen LogP contribution in [0.3, 0.4) is 0 Å². The smallest absolute Gasteiger partial charge is 0.306 e. The molecule has 2 aromatic rings. The lowest BCUT2D eigenvalue weighted by Gasteiger charge is -2.37. The minimum atomic E-state index is -1.04. The lowest BCUT2D eigenvalue weighted by Crippen LogP contribution is -2.57. The van der Waals surface area contributed by atoms with Crippen LogP contribution in [-0.4, -0.2) is 107 Å². The standard InChI is InChI=1S/C40H60N6O8S/c1-10-12-18-41-34(48)23-46(39(51)36(26(5)11-2)44-35(49)22-45(8)9)32(25(3)4)21-33(54-28(7)47)38-43-31(24-55-38)37(50)42-30(19-27(6)40(52)53)20-29-16-14-13-15-17-29/h13-17,24,26-27,30,32-33,36H,3,10-12,18-23H2,1-2,4-9H3,(H,41,48)(H,42,50)(H,44,49)(H,52,53). The molecule has 0 bridgehead atoms. The zero-order chi connectivity index (χ0) is 41.2. The van der Waals surface area contributed by atoms with Crippen molar-refractivity contribution in [1.82, 2.24) is 30.7 Å². The fourth-order valence-corrected chi connectivity index (χ4v) is 6.78. The van der Waals surface area contributed by atoms with Crippen LogP contribution in [0.1, 0.15) is 101 Å². The molecule has 0 radical (unpaired) electrons. The third-order valence-electron chi connectivity index (χ3n) is 9.15. The fraction of sp³-hybridized carbons (Fsp3) is 0.575. The molecule has 0 fully saturated rings. The molecule has 304 valence electrons. The third-order valence-corrected chi connectivity index (χ3v) is 10.1. The second-order valence-electron chi connectivity index (χ2n) is 14.4. The summed E-state index contributed by atoms with van der Waals surface area (Å²) in [5, 5.41) is 20.1. The summed E-state index contributed by atoms with van der Waals surface area (Å²) in [6.07, 6.45) is 1.68. The highest BCUT2D eigenvalue weighted by atomic mass is 32.1. The Morgan fingerprint density at radius 2 is 1.64 bits per heavy atom. The number of rotatable bonds is 24. The maximum Gasteiger partial charge on any atom is 0.306 e. The number of aromatic nitrogens is 1. The number of ether oxygens (including phenoxy) is 1. The molecule has 0 saturated heterocycles. The van der Waals surface area contributed by atoms with E-state index in [2.05, 4.69) is 27.5 Å². The van der Waals surface area contributed by atoms with Crippen LogP contribution in [0.4, 0.5) is 0 Å². The summed E-state index contributed by atoms with van der Waals surface area (Å²) in [5.41, 5.74) is 1.48. The summed E-state index contributed by atoms with van der Waals surface area (Å²) < 4.78 is 5.76. The van der Waals surface area contributed by atoms with Crippen LogP contribution in [-0.2, 0) is 35.1 Å². The molecule has 2 rings (SSSR count). The lowest BCUT2D eigenvalue weighted by molar-refractivity contribution is -0.149. The average molecular weight is 785 g/mol. The van der Waals surface area contributed by atoms with E-state index >= 15 is 0 Å². The number of carbonyl (C=O) groups is 6. The summed E-state index contributed by atoms with van der Waals surface area (Å²) in [5.74, 6) is -4.35. The van der Waals surface area contributed by atoms with Crippen LogP contribution < -0.4 is 16.0 Å². The highest BCUT2D eigenvalue weighted by Gasteiger charge is 2.37. The van der Waals surface area contributed by atoms with Crippen LogP contribution in [0.25, 0.3) is 0 Å². The fourth-order valence-electron chi connectivity index (χ4n) is 5.94. The first-order chi connectivity index (χ1) is 26.0. The minimum Gasteiger partial charge on any atom is -0.481 e. The maximum absolute atomic E-state index is 14.5. The van der Waals surface area contributed by atoms with Gasteiger partial charge in [-0.25, -0.2) is 4.98 Å². The van der Waals surface area contributed by atoms with Crippen molar-refractivity contribution in [2.24, 2.45) is 11.8 Å². The number of aliphatic carboxylic acids is 1. The average Bonchev–Trinajstić information content (AvgIpc) is 3.61. The minimum absolute atomic E-state index is 0.0386. The van der Waals surface area contributed by atoms with E-state index in [4.69, 9.17) is 4.74 Å². The van der Waals surface area contributed by atoms with Crippen LogP contribution in [0.2, 0.25) is 0 Å². The molecule has 1 heterocycles. The molecule has 4 amide bonds. The van der Waals surface area contributed by atoms with Crippen LogP contribution in [0.15, 0.2) is 47.9 Å². The van der Waals surface area contributed by atoms with E-state index in [1.54, 1.807) is 32.8 Å². The van der Waals surface area contributed by atoms with Crippen LogP contribution in [0.5, 0.6) is 0 Å². The van der Waals surface area contributed by atoms with Gasteiger partial charge in [0.2, 0.25) is 17.7 Å². The van der Waals surface area contributed by atoms with Crippen molar-refractivity contribution in [1.29, 1.82) is 0 Å². The van der Waals surface area contributed by atoms with Crippen LogP contribution >= 0.6 is 11.3 Å². The summed E-state index contributed by atoms with van der Waals surface area (Å²) in [6, 6.07) is 7.10. The van der Waals surface area contributed by atoms with Gasteiger partial charge in [0.1, 0.15) is 23.3 Å². The molecule has 6 unspecified atom stereocenters. The van der Waals surface area contributed by atoms with E-state index in [0.717, 1.165) is 29.7 Å². The number of benzene rings is 1. The number of hydrogen-bond donors (Lipinski definition) is 4. The molecule has 15 heteroatoms. The second-order valence-corrected chi connectivity index (χ2v) is 15.3. The van der Waals surface area contributed by atoms with Gasteiger partial charge >= 0.3 is 11.9 Å². The number of nitrogens with one attached hydrogen (secondary N) is 3. The number of amides is 4. The Morgan fingerprint density at radius 3 is 2.20 bits per heavy atom. The van der Waals surface area contributed by atoms with E-state index in [0.29, 0.717) is 25.0 Å².